The second-order valence-corrected chi connectivity index (χ2v) is 7.29. The van der Waals surface area contributed by atoms with Crippen molar-refractivity contribution in [1.29, 1.82) is 0 Å². The van der Waals surface area contributed by atoms with Gasteiger partial charge in [-0.15, -0.1) is 0 Å². The first-order chi connectivity index (χ1) is 12.6. The largest absolute Gasteiger partial charge is 0.496 e. The van der Waals surface area contributed by atoms with Crippen molar-refractivity contribution in [2.24, 2.45) is 5.92 Å². The van der Waals surface area contributed by atoms with E-state index in [-0.39, 0.29) is 18.5 Å². The molecule has 142 valence electrons. The standard InChI is InChI=1S/C20H28N2O4/c1-26-18-9-5-3-6-14(18)10-11-21-19(23)13-22-16-8-4-2-7-15(16)12-17(22)20(24)25/h3,5-6,9,15-17H,2,4,7-8,10-13H2,1H3,(H,21,23)(H,24,25). The Morgan fingerprint density at radius 1 is 1.27 bits per heavy atom. The van der Waals surface area contributed by atoms with E-state index >= 15 is 0 Å². The summed E-state index contributed by atoms with van der Waals surface area (Å²) < 4.78 is 5.32. The van der Waals surface area contributed by atoms with Crippen LogP contribution in [0.1, 0.15) is 37.7 Å². The number of hydrogen-bond acceptors (Lipinski definition) is 4. The van der Waals surface area contributed by atoms with Crippen LogP contribution < -0.4 is 10.1 Å². The first-order valence-electron chi connectivity index (χ1n) is 9.47. The molecule has 6 nitrogen and oxygen atoms in total. The number of hydrogen-bond donors (Lipinski definition) is 2. The van der Waals surface area contributed by atoms with Gasteiger partial charge in [0.25, 0.3) is 0 Å². The Kier molecular flexibility index (Phi) is 6.14. The molecule has 0 radical (unpaired) electrons. The molecule has 1 saturated heterocycles. The number of likely N-dealkylation sites (tertiary alicyclic amines) is 1. The van der Waals surface area contributed by atoms with Gasteiger partial charge in [-0.1, -0.05) is 31.0 Å². The third kappa shape index (κ3) is 4.18. The topological polar surface area (TPSA) is 78.9 Å². The summed E-state index contributed by atoms with van der Waals surface area (Å²) in [5.41, 5.74) is 1.05. The van der Waals surface area contributed by atoms with Crippen molar-refractivity contribution in [3.63, 3.8) is 0 Å². The highest BCUT2D eigenvalue weighted by Crippen LogP contribution is 2.39. The van der Waals surface area contributed by atoms with Gasteiger partial charge in [0.2, 0.25) is 5.91 Å². The number of carbonyl (C=O) groups is 2. The summed E-state index contributed by atoms with van der Waals surface area (Å²) in [6.45, 7) is 0.683. The molecule has 0 aromatic heterocycles. The smallest absolute Gasteiger partial charge is 0.320 e. The quantitative estimate of drug-likeness (QED) is 0.778. The van der Waals surface area contributed by atoms with Crippen LogP contribution in [0.5, 0.6) is 5.75 Å². The van der Waals surface area contributed by atoms with Crippen molar-refractivity contribution in [1.82, 2.24) is 10.2 Å². The lowest BCUT2D eigenvalue weighted by molar-refractivity contribution is -0.143. The van der Waals surface area contributed by atoms with E-state index in [1.807, 2.05) is 29.2 Å². The molecule has 2 fully saturated rings. The molecule has 3 rings (SSSR count). The predicted octanol–water partition coefficient (Wildman–Crippen LogP) is 2.07. The van der Waals surface area contributed by atoms with E-state index in [0.29, 0.717) is 25.3 Å². The van der Waals surface area contributed by atoms with E-state index in [1.165, 1.54) is 6.42 Å². The van der Waals surface area contributed by atoms with Gasteiger partial charge in [0.05, 0.1) is 13.7 Å². The van der Waals surface area contributed by atoms with Gasteiger partial charge < -0.3 is 15.2 Å². The average Bonchev–Trinajstić information content (AvgIpc) is 3.01. The molecule has 1 saturated carbocycles. The SMILES string of the molecule is COc1ccccc1CCNC(=O)CN1C(C(=O)O)CC2CCCCC21. The summed E-state index contributed by atoms with van der Waals surface area (Å²) in [6.07, 6.45) is 5.74. The molecule has 3 atom stereocenters. The van der Waals surface area contributed by atoms with Crippen LogP contribution in [0.25, 0.3) is 0 Å². The third-order valence-electron chi connectivity index (χ3n) is 5.74. The van der Waals surface area contributed by atoms with Crippen LogP contribution in [0.2, 0.25) is 0 Å². The van der Waals surface area contributed by atoms with Gasteiger partial charge >= 0.3 is 5.97 Å². The second kappa shape index (κ2) is 8.54. The van der Waals surface area contributed by atoms with Gasteiger partial charge in [0.15, 0.2) is 0 Å². The monoisotopic (exact) mass is 360 g/mol. The van der Waals surface area contributed by atoms with E-state index in [1.54, 1.807) is 7.11 Å². The van der Waals surface area contributed by atoms with E-state index in [9.17, 15) is 14.7 Å². The van der Waals surface area contributed by atoms with Gasteiger partial charge in [-0.2, -0.15) is 0 Å². The number of rotatable bonds is 7. The molecule has 2 aliphatic rings. The molecule has 3 unspecified atom stereocenters. The van der Waals surface area contributed by atoms with Gasteiger partial charge in [0.1, 0.15) is 11.8 Å². The molecule has 1 aromatic rings. The number of carbonyl (C=O) groups excluding carboxylic acids is 1. The lowest BCUT2D eigenvalue weighted by Gasteiger charge is -2.32. The molecule has 0 spiro atoms. The molecule has 1 aliphatic carbocycles. The fourth-order valence-electron chi connectivity index (χ4n) is 4.49. The zero-order chi connectivity index (χ0) is 18.5. The van der Waals surface area contributed by atoms with Gasteiger partial charge in [0, 0.05) is 12.6 Å². The number of amides is 1. The summed E-state index contributed by atoms with van der Waals surface area (Å²) in [5, 5.41) is 12.5. The Bertz CT molecular complexity index is 648. The van der Waals surface area contributed by atoms with Crippen LogP contribution in [0.3, 0.4) is 0 Å². The van der Waals surface area contributed by atoms with Gasteiger partial charge in [-0.25, -0.2) is 0 Å². The van der Waals surface area contributed by atoms with Gasteiger partial charge in [-0.05, 0) is 43.2 Å². The predicted molar refractivity (Wildman–Crippen MR) is 98.2 cm³/mol. The number of nitrogens with one attached hydrogen (secondary N) is 1. The van der Waals surface area contributed by atoms with Crippen LogP contribution in [0.4, 0.5) is 0 Å². The maximum Gasteiger partial charge on any atom is 0.320 e. The second-order valence-electron chi connectivity index (χ2n) is 7.29. The summed E-state index contributed by atoms with van der Waals surface area (Å²) in [6, 6.07) is 7.47. The number of ether oxygens (including phenoxy) is 1. The summed E-state index contributed by atoms with van der Waals surface area (Å²) >= 11 is 0. The summed E-state index contributed by atoms with van der Waals surface area (Å²) in [4.78, 5) is 25.9. The maximum absolute atomic E-state index is 12.4. The minimum atomic E-state index is -0.804. The molecule has 26 heavy (non-hydrogen) atoms. The Morgan fingerprint density at radius 3 is 2.81 bits per heavy atom. The van der Waals surface area contributed by atoms with Crippen molar-refractivity contribution in [3.05, 3.63) is 29.8 Å². The Hall–Kier alpha value is -2.08. The lowest BCUT2D eigenvalue weighted by atomic mass is 9.85. The van der Waals surface area contributed by atoms with Crippen LogP contribution in [-0.4, -0.2) is 54.2 Å². The van der Waals surface area contributed by atoms with Crippen molar-refractivity contribution >= 4 is 11.9 Å². The first-order valence-corrected chi connectivity index (χ1v) is 9.47. The number of para-hydroxylation sites is 1. The maximum atomic E-state index is 12.4. The molecular formula is C20H28N2O4. The van der Waals surface area contributed by atoms with Crippen LogP contribution in [0, 0.1) is 5.92 Å². The number of nitrogens with zero attached hydrogens (tertiary/aromatic N) is 1. The van der Waals surface area contributed by atoms with E-state index < -0.39 is 12.0 Å². The van der Waals surface area contributed by atoms with E-state index in [0.717, 1.165) is 30.6 Å². The number of benzene rings is 1. The molecule has 6 heteroatoms. The average molecular weight is 360 g/mol. The fraction of sp³-hybridized carbons (Fsp3) is 0.600. The highest BCUT2D eigenvalue weighted by Gasteiger charge is 2.45. The van der Waals surface area contributed by atoms with Crippen molar-refractivity contribution in [2.75, 3.05) is 20.2 Å². The molecule has 1 amide bonds. The first kappa shape index (κ1) is 18.7. The van der Waals surface area contributed by atoms with Crippen molar-refractivity contribution < 1.29 is 19.4 Å². The van der Waals surface area contributed by atoms with Crippen LogP contribution >= 0.6 is 0 Å². The highest BCUT2D eigenvalue weighted by molar-refractivity contribution is 5.80. The van der Waals surface area contributed by atoms with Crippen LogP contribution in [-0.2, 0) is 16.0 Å². The van der Waals surface area contributed by atoms with Crippen molar-refractivity contribution in [3.8, 4) is 5.75 Å². The zero-order valence-electron chi connectivity index (χ0n) is 15.3. The molecule has 1 aliphatic heterocycles. The molecule has 1 heterocycles. The fourth-order valence-corrected chi connectivity index (χ4v) is 4.49. The number of fused-ring (bicyclic) bond motifs is 1. The Balaban J connectivity index is 1.54. The third-order valence-corrected chi connectivity index (χ3v) is 5.74. The minimum Gasteiger partial charge on any atom is -0.496 e. The Morgan fingerprint density at radius 2 is 2.04 bits per heavy atom. The normalized spacial score (nSPS) is 25.5. The minimum absolute atomic E-state index is 0.0997. The van der Waals surface area contributed by atoms with Gasteiger partial charge in [-0.3, -0.25) is 14.5 Å². The van der Waals surface area contributed by atoms with Crippen LogP contribution in [0.15, 0.2) is 24.3 Å². The number of aliphatic carboxylic acids is 1. The lowest BCUT2D eigenvalue weighted by Crippen LogP contribution is -2.47. The van der Waals surface area contributed by atoms with Crippen molar-refractivity contribution in [2.45, 2.75) is 50.6 Å². The number of methoxy groups -OCH3 is 1. The molecular weight excluding hydrogens is 332 g/mol. The molecule has 0 bridgehead atoms. The summed E-state index contributed by atoms with van der Waals surface area (Å²) in [5.74, 6) is 0.335. The van der Waals surface area contributed by atoms with E-state index in [4.69, 9.17) is 4.74 Å². The zero-order valence-corrected chi connectivity index (χ0v) is 15.3. The Labute approximate surface area is 154 Å². The molecule has 1 aromatic carbocycles. The number of carboxylic acids is 1. The highest BCUT2D eigenvalue weighted by atomic mass is 16.5. The van der Waals surface area contributed by atoms with E-state index in [2.05, 4.69) is 5.32 Å². The summed E-state index contributed by atoms with van der Waals surface area (Å²) in [7, 11) is 1.64. The molecule has 2 N–H and O–H groups in total. The number of carboxylic acid groups (broad SMARTS) is 1.